The largest absolute Gasteiger partial charge is 0.497 e. The molecule has 3 unspecified atom stereocenters. The molecule has 2 heteroatoms. The summed E-state index contributed by atoms with van der Waals surface area (Å²) in [6.07, 6.45) is 7.90. The van der Waals surface area contributed by atoms with Crippen molar-refractivity contribution in [3.63, 3.8) is 0 Å². The van der Waals surface area contributed by atoms with Crippen molar-refractivity contribution in [1.82, 2.24) is 0 Å². The molecule has 2 bridgehead atoms. The second-order valence-corrected chi connectivity index (χ2v) is 6.53. The van der Waals surface area contributed by atoms with E-state index in [-0.39, 0.29) is 0 Å². The maximum atomic E-state index is 12.1. The standard InChI is InChI=1S/C18H24O2/c1-20-18-8-4-13(5-9-18)3-7-17(19)12-16-11-14-2-6-15(16)10-14/h4-5,8-9,14-16H,2-3,6-7,10-12H2,1H3. The van der Waals surface area contributed by atoms with E-state index in [2.05, 4.69) is 12.1 Å². The fourth-order valence-electron chi connectivity index (χ4n) is 4.10. The third-order valence-electron chi connectivity index (χ3n) is 5.23. The van der Waals surface area contributed by atoms with E-state index < -0.39 is 0 Å². The number of aryl methyl sites for hydroxylation is 1. The summed E-state index contributed by atoms with van der Waals surface area (Å²) in [7, 11) is 1.67. The molecule has 0 aliphatic heterocycles. The van der Waals surface area contributed by atoms with Crippen LogP contribution in [0.1, 0.15) is 44.1 Å². The van der Waals surface area contributed by atoms with Crippen LogP contribution in [-0.4, -0.2) is 12.9 Å². The van der Waals surface area contributed by atoms with Crippen LogP contribution < -0.4 is 4.74 Å². The fraction of sp³-hybridized carbons (Fsp3) is 0.611. The van der Waals surface area contributed by atoms with Gasteiger partial charge in [-0.25, -0.2) is 0 Å². The minimum atomic E-state index is 0.457. The summed E-state index contributed by atoms with van der Waals surface area (Å²) in [4.78, 5) is 12.1. The molecule has 0 saturated heterocycles. The van der Waals surface area contributed by atoms with Gasteiger partial charge in [0.25, 0.3) is 0 Å². The van der Waals surface area contributed by atoms with E-state index in [0.29, 0.717) is 18.1 Å². The number of methoxy groups -OCH3 is 1. The Labute approximate surface area is 121 Å². The number of carbonyl (C=O) groups excluding carboxylic acids is 1. The molecule has 108 valence electrons. The van der Waals surface area contributed by atoms with Crippen molar-refractivity contribution >= 4 is 5.78 Å². The van der Waals surface area contributed by atoms with Crippen LogP contribution >= 0.6 is 0 Å². The smallest absolute Gasteiger partial charge is 0.133 e. The van der Waals surface area contributed by atoms with Crippen LogP contribution in [0.3, 0.4) is 0 Å². The number of hydrogen-bond acceptors (Lipinski definition) is 2. The molecule has 2 fully saturated rings. The van der Waals surface area contributed by atoms with Gasteiger partial charge in [-0.1, -0.05) is 18.6 Å². The van der Waals surface area contributed by atoms with E-state index in [1.807, 2.05) is 12.1 Å². The minimum absolute atomic E-state index is 0.457. The lowest BCUT2D eigenvalue weighted by Crippen LogP contribution is -2.15. The molecule has 2 nitrogen and oxygen atoms in total. The number of ether oxygens (including phenoxy) is 1. The lowest BCUT2D eigenvalue weighted by Gasteiger charge is -2.20. The molecule has 2 aliphatic carbocycles. The Morgan fingerprint density at radius 3 is 2.60 bits per heavy atom. The number of Topliss-reactive ketones (excluding diaryl/α,β-unsaturated/α-hetero) is 1. The molecule has 2 aliphatic rings. The zero-order valence-electron chi connectivity index (χ0n) is 12.3. The molecular weight excluding hydrogens is 248 g/mol. The minimum Gasteiger partial charge on any atom is -0.497 e. The summed E-state index contributed by atoms with van der Waals surface area (Å²) in [5.74, 6) is 3.85. The Kier molecular flexibility index (Phi) is 4.09. The summed E-state index contributed by atoms with van der Waals surface area (Å²) >= 11 is 0. The van der Waals surface area contributed by atoms with Gasteiger partial charge in [-0.05, 0) is 61.1 Å². The van der Waals surface area contributed by atoms with E-state index in [4.69, 9.17) is 4.74 Å². The molecule has 3 atom stereocenters. The molecule has 3 rings (SSSR count). The quantitative estimate of drug-likeness (QED) is 0.781. The summed E-state index contributed by atoms with van der Waals surface area (Å²) < 4.78 is 5.14. The van der Waals surface area contributed by atoms with Crippen LogP contribution in [0.5, 0.6) is 5.75 Å². The van der Waals surface area contributed by atoms with Gasteiger partial charge in [-0.15, -0.1) is 0 Å². The van der Waals surface area contributed by atoms with Crippen molar-refractivity contribution in [2.24, 2.45) is 17.8 Å². The molecular formula is C18H24O2. The Bertz CT molecular complexity index is 463. The highest BCUT2D eigenvalue weighted by Crippen LogP contribution is 2.49. The van der Waals surface area contributed by atoms with Gasteiger partial charge in [-0.2, -0.15) is 0 Å². The van der Waals surface area contributed by atoms with E-state index >= 15 is 0 Å². The van der Waals surface area contributed by atoms with E-state index in [0.717, 1.165) is 30.4 Å². The number of fused-ring (bicyclic) bond motifs is 2. The van der Waals surface area contributed by atoms with Crippen LogP contribution in [0.4, 0.5) is 0 Å². The van der Waals surface area contributed by atoms with Crippen molar-refractivity contribution < 1.29 is 9.53 Å². The zero-order valence-corrected chi connectivity index (χ0v) is 12.3. The first-order valence-corrected chi connectivity index (χ1v) is 7.89. The Morgan fingerprint density at radius 2 is 2.00 bits per heavy atom. The van der Waals surface area contributed by atoms with Gasteiger partial charge in [-0.3, -0.25) is 4.79 Å². The molecule has 0 N–H and O–H groups in total. The normalized spacial score (nSPS) is 27.8. The van der Waals surface area contributed by atoms with Crippen LogP contribution in [0.15, 0.2) is 24.3 Å². The third kappa shape index (κ3) is 3.05. The van der Waals surface area contributed by atoms with E-state index in [9.17, 15) is 4.79 Å². The van der Waals surface area contributed by atoms with Crippen molar-refractivity contribution in [2.75, 3.05) is 7.11 Å². The second-order valence-electron chi connectivity index (χ2n) is 6.53. The lowest BCUT2D eigenvalue weighted by molar-refractivity contribution is -0.120. The first kappa shape index (κ1) is 13.7. The number of benzene rings is 1. The van der Waals surface area contributed by atoms with Gasteiger partial charge in [0, 0.05) is 12.8 Å². The third-order valence-corrected chi connectivity index (χ3v) is 5.23. The predicted octanol–water partition coefficient (Wildman–Crippen LogP) is 4.02. The number of hydrogen-bond donors (Lipinski definition) is 0. The van der Waals surface area contributed by atoms with E-state index in [1.54, 1.807) is 7.11 Å². The summed E-state index contributed by atoms with van der Waals surface area (Å²) in [5, 5.41) is 0. The predicted molar refractivity (Wildman–Crippen MR) is 79.9 cm³/mol. The van der Waals surface area contributed by atoms with Crippen LogP contribution in [0.25, 0.3) is 0 Å². The molecule has 1 aromatic carbocycles. The molecule has 0 aromatic heterocycles. The zero-order chi connectivity index (χ0) is 13.9. The summed E-state index contributed by atoms with van der Waals surface area (Å²) in [6.45, 7) is 0. The molecule has 0 heterocycles. The summed E-state index contributed by atoms with van der Waals surface area (Å²) in [6, 6.07) is 8.05. The average molecular weight is 272 g/mol. The Hall–Kier alpha value is -1.31. The average Bonchev–Trinajstić information content (AvgIpc) is 3.08. The molecule has 0 spiro atoms. The van der Waals surface area contributed by atoms with E-state index in [1.165, 1.54) is 31.2 Å². The van der Waals surface area contributed by atoms with Crippen molar-refractivity contribution in [3.8, 4) is 5.75 Å². The Morgan fingerprint density at radius 1 is 1.20 bits per heavy atom. The van der Waals surface area contributed by atoms with Gasteiger partial charge in [0.05, 0.1) is 7.11 Å². The number of rotatable bonds is 6. The highest BCUT2D eigenvalue weighted by molar-refractivity contribution is 5.79. The number of carbonyl (C=O) groups is 1. The molecule has 1 aromatic rings. The molecule has 0 radical (unpaired) electrons. The van der Waals surface area contributed by atoms with Crippen molar-refractivity contribution in [1.29, 1.82) is 0 Å². The maximum absolute atomic E-state index is 12.1. The fourth-order valence-corrected chi connectivity index (χ4v) is 4.10. The van der Waals surface area contributed by atoms with Crippen LogP contribution in [0.2, 0.25) is 0 Å². The highest BCUT2D eigenvalue weighted by Gasteiger charge is 2.39. The van der Waals surface area contributed by atoms with Gasteiger partial charge in [0.15, 0.2) is 0 Å². The van der Waals surface area contributed by atoms with Gasteiger partial charge < -0.3 is 4.74 Å². The Balaban J connectivity index is 1.44. The van der Waals surface area contributed by atoms with Gasteiger partial charge >= 0.3 is 0 Å². The molecule has 0 amide bonds. The second kappa shape index (κ2) is 5.99. The monoisotopic (exact) mass is 272 g/mol. The van der Waals surface area contributed by atoms with Crippen molar-refractivity contribution in [3.05, 3.63) is 29.8 Å². The highest BCUT2D eigenvalue weighted by atomic mass is 16.5. The number of ketones is 1. The van der Waals surface area contributed by atoms with Gasteiger partial charge in [0.1, 0.15) is 11.5 Å². The maximum Gasteiger partial charge on any atom is 0.133 e. The first-order chi connectivity index (χ1) is 9.74. The lowest BCUT2D eigenvalue weighted by atomic mass is 9.84. The van der Waals surface area contributed by atoms with Gasteiger partial charge in [0.2, 0.25) is 0 Å². The first-order valence-electron chi connectivity index (χ1n) is 7.89. The SMILES string of the molecule is COc1ccc(CCC(=O)CC2CC3CCC2C3)cc1. The topological polar surface area (TPSA) is 26.3 Å². The molecule has 20 heavy (non-hydrogen) atoms. The van der Waals surface area contributed by atoms with Crippen molar-refractivity contribution in [2.45, 2.75) is 44.9 Å². The molecule has 2 saturated carbocycles. The van der Waals surface area contributed by atoms with Crippen LogP contribution in [0, 0.1) is 17.8 Å². The van der Waals surface area contributed by atoms with Crippen LogP contribution in [-0.2, 0) is 11.2 Å². The summed E-state index contributed by atoms with van der Waals surface area (Å²) in [5.41, 5.74) is 1.23.